The maximum absolute atomic E-state index is 12.6. The van der Waals surface area contributed by atoms with Gasteiger partial charge in [-0.3, -0.25) is 14.4 Å². The standard InChI is InChI=1S/C34H64O8/c1-4-7-9-11-13-15-17-19-21-23-25-27-31(37)41-33(39,29-35)34(40,30(36)6-3)42-32(38)28-26-24-22-20-18-16-14-12-10-8-5-2/h35,39-40H,4-29H2,1-3H3. The smallest absolute Gasteiger partial charge is 0.339 e. The highest BCUT2D eigenvalue weighted by Gasteiger charge is 2.61. The summed E-state index contributed by atoms with van der Waals surface area (Å²) >= 11 is 0. The summed E-state index contributed by atoms with van der Waals surface area (Å²) in [6, 6.07) is 0. The van der Waals surface area contributed by atoms with Crippen molar-refractivity contribution in [2.75, 3.05) is 6.61 Å². The van der Waals surface area contributed by atoms with Crippen LogP contribution in [-0.4, -0.2) is 51.2 Å². The van der Waals surface area contributed by atoms with Crippen LogP contribution in [0.2, 0.25) is 0 Å². The fourth-order valence-electron chi connectivity index (χ4n) is 5.12. The number of carbonyl (C=O) groups is 3. The van der Waals surface area contributed by atoms with Crippen molar-refractivity contribution in [3.05, 3.63) is 0 Å². The lowest BCUT2D eigenvalue weighted by molar-refractivity contribution is -0.351. The third-order valence-electron chi connectivity index (χ3n) is 7.96. The van der Waals surface area contributed by atoms with Crippen molar-refractivity contribution in [3.8, 4) is 0 Å². The van der Waals surface area contributed by atoms with Gasteiger partial charge in [-0.25, -0.2) is 0 Å². The Kier molecular flexibility index (Phi) is 25.0. The monoisotopic (exact) mass is 600 g/mol. The maximum atomic E-state index is 12.6. The number of unbranched alkanes of at least 4 members (excludes halogenated alkanes) is 20. The zero-order chi connectivity index (χ0) is 31.5. The largest absolute Gasteiger partial charge is 0.423 e. The lowest BCUT2D eigenvalue weighted by Crippen LogP contribution is -2.65. The number of Topliss-reactive ketones (excluding diaryl/α,β-unsaturated/α-hetero) is 1. The first-order chi connectivity index (χ1) is 20.2. The van der Waals surface area contributed by atoms with E-state index in [1.54, 1.807) is 0 Å². The molecule has 3 N–H and O–H groups in total. The average molecular weight is 601 g/mol. The molecule has 2 atom stereocenters. The third-order valence-corrected chi connectivity index (χ3v) is 7.96. The van der Waals surface area contributed by atoms with Crippen LogP contribution in [0.5, 0.6) is 0 Å². The average Bonchev–Trinajstić information content (AvgIpc) is 2.97. The molecule has 42 heavy (non-hydrogen) atoms. The molecule has 0 heterocycles. The Morgan fingerprint density at radius 3 is 1.12 bits per heavy atom. The van der Waals surface area contributed by atoms with Crippen molar-refractivity contribution >= 4 is 17.7 Å². The number of rotatable bonds is 30. The highest BCUT2D eigenvalue weighted by atomic mass is 16.7. The fraction of sp³-hybridized carbons (Fsp3) is 0.912. The number of hydrogen-bond donors (Lipinski definition) is 3. The molecule has 0 aliphatic heterocycles. The molecule has 2 unspecified atom stereocenters. The van der Waals surface area contributed by atoms with Gasteiger partial charge in [-0.2, -0.15) is 0 Å². The molecule has 0 spiro atoms. The summed E-state index contributed by atoms with van der Waals surface area (Å²) in [5.74, 6) is -9.11. The van der Waals surface area contributed by atoms with Gasteiger partial charge >= 0.3 is 23.5 Å². The SMILES string of the molecule is CCCCCCCCCCCCCC(=O)OC(O)(CO)C(O)(OC(=O)CCCCCCCCCCCCC)C(=O)CC. The highest BCUT2D eigenvalue weighted by Crippen LogP contribution is 2.30. The molecule has 0 saturated heterocycles. The first-order valence-corrected chi connectivity index (χ1v) is 17.2. The second kappa shape index (κ2) is 25.9. The van der Waals surface area contributed by atoms with E-state index in [2.05, 4.69) is 13.8 Å². The minimum Gasteiger partial charge on any atom is -0.423 e. The summed E-state index contributed by atoms with van der Waals surface area (Å²) in [4.78, 5) is 37.5. The van der Waals surface area contributed by atoms with Crippen molar-refractivity contribution < 1.29 is 39.2 Å². The van der Waals surface area contributed by atoms with E-state index in [9.17, 15) is 29.7 Å². The molecular weight excluding hydrogens is 536 g/mol. The molecule has 8 heteroatoms. The van der Waals surface area contributed by atoms with Crippen molar-refractivity contribution in [1.29, 1.82) is 0 Å². The van der Waals surface area contributed by atoms with Crippen LogP contribution >= 0.6 is 0 Å². The molecule has 0 aromatic carbocycles. The summed E-state index contributed by atoms with van der Waals surface area (Å²) in [7, 11) is 0. The van der Waals surface area contributed by atoms with Gasteiger partial charge < -0.3 is 24.8 Å². The van der Waals surface area contributed by atoms with Crippen LogP contribution in [0.4, 0.5) is 0 Å². The Labute approximate surface area is 256 Å². The molecule has 0 fully saturated rings. The minimum absolute atomic E-state index is 0.0532. The summed E-state index contributed by atoms with van der Waals surface area (Å²) in [5, 5.41) is 31.7. The van der Waals surface area contributed by atoms with Crippen LogP contribution in [0.3, 0.4) is 0 Å². The molecule has 0 aromatic heterocycles. The Balaban J connectivity index is 4.49. The predicted molar refractivity (Wildman–Crippen MR) is 167 cm³/mol. The normalized spacial score (nSPS) is 14.2. The van der Waals surface area contributed by atoms with Crippen LogP contribution in [0, 0.1) is 0 Å². The summed E-state index contributed by atoms with van der Waals surface area (Å²) in [6.07, 6.45) is 23.8. The third kappa shape index (κ3) is 18.2. The van der Waals surface area contributed by atoms with Gasteiger partial charge in [0, 0.05) is 19.3 Å². The quantitative estimate of drug-likeness (QED) is 0.0432. The van der Waals surface area contributed by atoms with E-state index in [4.69, 9.17) is 9.47 Å². The molecule has 0 aliphatic carbocycles. The number of ether oxygens (including phenoxy) is 2. The Bertz CT molecular complexity index is 697. The molecule has 248 valence electrons. The highest BCUT2D eigenvalue weighted by molar-refractivity contribution is 5.89. The minimum atomic E-state index is -3.18. The second-order valence-electron chi connectivity index (χ2n) is 11.9. The van der Waals surface area contributed by atoms with Gasteiger partial charge in [0.15, 0.2) is 0 Å². The topological polar surface area (TPSA) is 130 Å². The molecule has 0 aliphatic rings. The summed E-state index contributed by atoms with van der Waals surface area (Å²) in [5.41, 5.74) is 0. The van der Waals surface area contributed by atoms with E-state index >= 15 is 0 Å². The number of esters is 2. The molecule has 0 aromatic rings. The van der Waals surface area contributed by atoms with Gasteiger partial charge in [-0.1, -0.05) is 149 Å². The lowest BCUT2D eigenvalue weighted by Gasteiger charge is -2.38. The number of hydrogen-bond acceptors (Lipinski definition) is 8. The zero-order valence-electron chi connectivity index (χ0n) is 27.3. The Morgan fingerprint density at radius 2 is 0.810 bits per heavy atom. The Morgan fingerprint density at radius 1 is 0.500 bits per heavy atom. The van der Waals surface area contributed by atoms with Gasteiger partial charge in [0.05, 0.1) is 0 Å². The van der Waals surface area contributed by atoms with E-state index in [1.165, 1.54) is 84.0 Å². The molecule has 0 radical (unpaired) electrons. The lowest BCUT2D eigenvalue weighted by atomic mass is 9.99. The van der Waals surface area contributed by atoms with Gasteiger partial charge in [0.1, 0.15) is 6.61 Å². The van der Waals surface area contributed by atoms with Crippen LogP contribution in [0.25, 0.3) is 0 Å². The van der Waals surface area contributed by atoms with E-state index in [1.807, 2.05) is 0 Å². The zero-order valence-corrected chi connectivity index (χ0v) is 27.3. The van der Waals surface area contributed by atoms with Crippen molar-refractivity contribution in [2.45, 2.75) is 193 Å². The van der Waals surface area contributed by atoms with Gasteiger partial charge in [-0.05, 0) is 12.8 Å². The van der Waals surface area contributed by atoms with E-state index in [0.29, 0.717) is 12.8 Å². The first kappa shape index (κ1) is 40.5. The number of aliphatic hydroxyl groups is 3. The maximum Gasteiger partial charge on any atom is 0.339 e. The number of aliphatic hydroxyl groups excluding tert-OH is 1. The van der Waals surface area contributed by atoms with Crippen LogP contribution < -0.4 is 0 Å². The molecule has 0 amide bonds. The molecule has 0 saturated carbocycles. The van der Waals surface area contributed by atoms with Crippen LogP contribution in [-0.2, 0) is 23.9 Å². The van der Waals surface area contributed by atoms with Crippen molar-refractivity contribution in [2.24, 2.45) is 0 Å². The van der Waals surface area contributed by atoms with Gasteiger partial charge in [0.25, 0.3) is 0 Å². The van der Waals surface area contributed by atoms with Crippen LogP contribution in [0.15, 0.2) is 0 Å². The molecular formula is C34H64O8. The Hall–Kier alpha value is -1.51. The van der Waals surface area contributed by atoms with Gasteiger partial charge in [0.2, 0.25) is 5.78 Å². The van der Waals surface area contributed by atoms with E-state index in [-0.39, 0.29) is 19.3 Å². The summed E-state index contributed by atoms with van der Waals surface area (Å²) < 4.78 is 10.0. The van der Waals surface area contributed by atoms with Gasteiger partial charge in [-0.15, -0.1) is 0 Å². The fourth-order valence-corrected chi connectivity index (χ4v) is 5.12. The predicted octanol–water partition coefficient (Wildman–Crippen LogP) is 7.82. The van der Waals surface area contributed by atoms with E-state index in [0.717, 1.165) is 51.4 Å². The summed E-state index contributed by atoms with van der Waals surface area (Å²) in [6.45, 7) is 4.53. The first-order valence-electron chi connectivity index (χ1n) is 17.2. The molecule has 0 rings (SSSR count). The second-order valence-corrected chi connectivity index (χ2v) is 11.9. The van der Waals surface area contributed by atoms with Crippen molar-refractivity contribution in [1.82, 2.24) is 0 Å². The van der Waals surface area contributed by atoms with Crippen molar-refractivity contribution in [3.63, 3.8) is 0 Å². The number of carbonyl (C=O) groups excluding carboxylic acids is 3. The molecule has 8 nitrogen and oxygen atoms in total. The number of ketones is 1. The van der Waals surface area contributed by atoms with E-state index < -0.39 is 35.9 Å². The van der Waals surface area contributed by atoms with Crippen LogP contribution in [0.1, 0.15) is 181 Å². The molecule has 0 bridgehead atoms.